The summed E-state index contributed by atoms with van der Waals surface area (Å²) >= 11 is 0. The van der Waals surface area contributed by atoms with Gasteiger partial charge in [-0.1, -0.05) is 71.6 Å². The molecule has 1 unspecified atom stereocenters. The SMILES string of the molecule is CCC[C@H](NC(=O)[C@@H]1C[C@]2(CN(c3ccccc3)C(=O)O2)CN1C(=O)C(NC(=O)CC1CCCCC1)C(C)(C)C)C(=O)C(=O)NC1CC1. The predicted molar refractivity (Wildman–Crippen MR) is 179 cm³/mol. The third kappa shape index (κ3) is 8.36. The average Bonchev–Trinajstić information content (AvgIpc) is 3.70. The molecule has 3 N–H and O–H groups in total. The van der Waals surface area contributed by atoms with Gasteiger partial charge in [0.1, 0.15) is 12.1 Å². The molecule has 1 spiro atoms. The molecule has 1 aromatic carbocycles. The quantitative estimate of drug-likeness (QED) is 0.288. The van der Waals surface area contributed by atoms with Gasteiger partial charge in [-0.2, -0.15) is 0 Å². The molecule has 2 heterocycles. The van der Waals surface area contributed by atoms with E-state index in [0.717, 1.165) is 38.5 Å². The minimum absolute atomic E-state index is 0.00611. The molecular formula is C36H51N5O7. The van der Waals surface area contributed by atoms with E-state index in [1.54, 1.807) is 12.1 Å². The summed E-state index contributed by atoms with van der Waals surface area (Å²) in [5, 5.41) is 8.46. The van der Waals surface area contributed by atoms with Crippen molar-refractivity contribution < 1.29 is 33.5 Å². The van der Waals surface area contributed by atoms with Crippen LogP contribution in [0.2, 0.25) is 0 Å². The number of nitrogens with zero attached hydrogens (tertiary/aromatic N) is 2. The van der Waals surface area contributed by atoms with Crippen LogP contribution in [0.5, 0.6) is 0 Å². The van der Waals surface area contributed by atoms with Gasteiger partial charge < -0.3 is 25.6 Å². The molecule has 1 aromatic rings. The number of benzene rings is 1. The summed E-state index contributed by atoms with van der Waals surface area (Å²) in [5.74, 6) is -2.47. The second kappa shape index (κ2) is 14.7. The Morgan fingerprint density at radius 1 is 0.958 bits per heavy atom. The molecule has 5 amide bonds. The highest BCUT2D eigenvalue weighted by Gasteiger charge is 2.58. The number of rotatable bonds is 12. The molecule has 2 saturated heterocycles. The molecule has 5 rings (SSSR count). The first kappa shape index (κ1) is 35.3. The van der Waals surface area contributed by atoms with Crippen LogP contribution >= 0.6 is 0 Å². The van der Waals surface area contributed by atoms with Crippen molar-refractivity contribution in [2.75, 3.05) is 18.0 Å². The first-order chi connectivity index (χ1) is 22.8. The average molecular weight is 666 g/mol. The Labute approximate surface area is 283 Å². The minimum Gasteiger partial charge on any atom is -0.439 e. The van der Waals surface area contributed by atoms with Gasteiger partial charge in [-0.15, -0.1) is 0 Å². The Kier molecular flexibility index (Phi) is 10.8. The standard InChI is InChI=1S/C36H51N5O7/c1-5-12-26(29(43)32(45)37-24-17-18-24)38-31(44)27-20-36(21-40(34(47)48-36)25-15-10-7-11-16-25)22-41(27)33(46)30(35(2,3)4)39-28(42)19-23-13-8-6-9-14-23/h7,10-11,15-16,23-24,26-27,30H,5-6,8-9,12-14,17-22H2,1-4H3,(H,37,45)(H,38,44)(H,39,42)/t26-,27-,30?,36-/m0/s1. The van der Waals surface area contributed by atoms with Crippen LogP contribution in [0.25, 0.3) is 0 Å². The number of amides is 5. The summed E-state index contributed by atoms with van der Waals surface area (Å²) in [7, 11) is 0. The highest BCUT2D eigenvalue weighted by Crippen LogP contribution is 2.39. The molecule has 4 fully saturated rings. The van der Waals surface area contributed by atoms with E-state index in [9.17, 15) is 28.8 Å². The van der Waals surface area contributed by atoms with Crippen LogP contribution in [0.15, 0.2) is 30.3 Å². The lowest BCUT2D eigenvalue weighted by molar-refractivity contribution is -0.145. The van der Waals surface area contributed by atoms with E-state index in [1.165, 1.54) is 16.2 Å². The highest BCUT2D eigenvalue weighted by molar-refractivity contribution is 6.38. The molecule has 262 valence electrons. The van der Waals surface area contributed by atoms with Crippen molar-refractivity contribution in [2.45, 2.75) is 128 Å². The minimum atomic E-state index is -1.20. The topological polar surface area (TPSA) is 154 Å². The van der Waals surface area contributed by atoms with Gasteiger partial charge in [0.25, 0.3) is 5.91 Å². The molecule has 2 aliphatic heterocycles. The van der Waals surface area contributed by atoms with Crippen LogP contribution in [0.3, 0.4) is 0 Å². The Balaban J connectivity index is 1.40. The second-order valence-corrected chi connectivity index (χ2v) is 15.2. The maximum atomic E-state index is 14.5. The molecule has 12 heteroatoms. The van der Waals surface area contributed by atoms with E-state index in [-0.39, 0.29) is 43.8 Å². The first-order valence-corrected chi connectivity index (χ1v) is 17.6. The fourth-order valence-electron chi connectivity index (χ4n) is 7.19. The molecule has 48 heavy (non-hydrogen) atoms. The number of ether oxygens (including phenoxy) is 1. The molecule has 0 aromatic heterocycles. The van der Waals surface area contributed by atoms with Crippen LogP contribution in [-0.4, -0.2) is 83.3 Å². The van der Waals surface area contributed by atoms with Gasteiger partial charge in [-0.3, -0.25) is 28.9 Å². The van der Waals surface area contributed by atoms with Gasteiger partial charge in [0.2, 0.25) is 23.5 Å². The Bertz CT molecular complexity index is 1380. The van der Waals surface area contributed by atoms with Crippen LogP contribution < -0.4 is 20.9 Å². The molecular weight excluding hydrogens is 614 g/mol. The number of carbonyl (C=O) groups is 6. The number of ketones is 1. The largest absolute Gasteiger partial charge is 0.439 e. The van der Waals surface area contributed by atoms with E-state index < -0.39 is 58.7 Å². The predicted octanol–water partition coefficient (Wildman–Crippen LogP) is 3.62. The Hall–Kier alpha value is -3.96. The van der Waals surface area contributed by atoms with Crippen molar-refractivity contribution >= 4 is 41.2 Å². The van der Waals surface area contributed by atoms with Crippen molar-refractivity contribution in [3.05, 3.63) is 30.3 Å². The Morgan fingerprint density at radius 2 is 1.65 bits per heavy atom. The molecule has 2 aliphatic carbocycles. The van der Waals surface area contributed by atoms with E-state index in [2.05, 4.69) is 16.0 Å². The lowest BCUT2D eigenvalue weighted by Crippen LogP contribution is -2.59. The lowest BCUT2D eigenvalue weighted by Gasteiger charge is -2.36. The number of nitrogens with one attached hydrogen (secondary N) is 3. The van der Waals surface area contributed by atoms with E-state index in [1.807, 2.05) is 45.9 Å². The summed E-state index contributed by atoms with van der Waals surface area (Å²) in [6.45, 7) is 7.47. The van der Waals surface area contributed by atoms with Crippen LogP contribution in [0.1, 0.15) is 98.3 Å². The molecule has 0 radical (unpaired) electrons. The van der Waals surface area contributed by atoms with Crippen molar-refractivity contribution in [2.24, 2.45) is 11.3 Å². The summed E-state index contributed by atoms with van der Waals surface area (Å²) in [6, 6.07) is 5.86. The van der Waals surface area contributed by atoms with E-state index >= 15 is 0 Å². The fourth-order valence-corrected chi connectivity index (χ4v) is 7.19. The zero-order valence-electron chi connectivity index (χ0n) is 28.7. The van der Waals surface area contributed by atoms with Gasteiger partial charge in [0, 0.05) is 24.6 Å². The second-order valence-electron chi connectivity index (χ2n) is 15.2. The summed E-state index contributed by atoms with van der Waals surface area (Å²) < 4.78 is 5.97. The first-order valence-electron chi connectivity index (χ1n) is 17.6. The molecule has 4 atom stereocenters. The maximum absolute atomic E-state index is 14.5. The van der Waals surface area contributed by atoms with Gasteiger partial charge in [-0.25, -0.2) is 4.79 Å². The van der Waals surface area contributed by atoms with Gasteiger partial charge in [-0.05, 0) is 55.6 Å². The van der Waals surface area contributed by atoms with Gasteiger partial charge in [0.05, 0.1) is 19.1 Å². The zero-order chi connectivity index (χ0) is 34.6. The van der Waals surface area contributed by atoms with E-state index in [0.29, 0.717) is 18.5 Å². The smallest absolute Gasteiger partial charge is 0.415 e. The summed E-state index contributed by atoms with van der Waals surface area (Å²) in [6.07, 6.45) is 7.48. The third-order valence-corrected chi connectivity index (χ3v) is 9.99. The number of carbonyl (C=O) groups excluding carboxylic acids is 6. The number of hydrogen-bond acceptors (Lipinski definition) is 7. The normalized spacial score (nSPS) is 24.2. The van der Waals surface area contributed by atoms with Crippen LogP contribution in [0, 0.1) is 11.3 Å². The van der Waals surface area contributed by atoms with Crippen LogP contribution in [-0.2, 0) is 28.7 Å². The van der Waals surface area contributed by atoms with Crippen LogP contribution in [0.4, 0.5) is 10.5 Å². The molecule has 12 nitrogen and oxygen atoms in total. The fraction of sp³-hybridized carbons (Fsp3) is 0.667. The highest BCUT2D eigenvalue weighted by atomic mass is 16.6. The van der Waals surface area contributed by atoms with Crippen molar-refractivity contribution in [1.29, 1.82) is 0 Å². The Morgan fingerprint density at radius 3 is 2.27 bits per heavy atom. The number of Topliss-reactive ketones (excluding diaryl/α,β-unsaturated/α-hetero) is 1. The molecule has 0 bridgehead atoms. The summed E-state index contributed by atoms with van der Waals surface area (Å²) in [5.41, 5.74) is -1.28. The molecule has 4 aliphatic rings. The van der Waals surface area contributed by atoms with Crippen molar-refractivity contribution in [1.82, 2.24) is 20.9 Å². The molecule has 2 saturated carbocycles. The number of hydrogen-bond donors (Lipinski definition) is 3. The number of para-hydroxylation sites is 1. The van der Waals surface area contributed by atoms with E-state index in [4.69, 9.17) is 4.74 Å². The number of likely N-dealkylation sites (tertiary alicyclic amines) is 1. The zero-order valence-corrected chi connectivity index (χ0v) is 28.7. The summed E-state index contributed by atoms with van der Waals surface area (Å²) in [4.78, 5) is 83.8. The monoisotopic (exact) mass is 665 g/mol. The maximum Gasteiger partial charge on any atom is 0.415 e. The lowest BCUT2D eigenvalue weighted by atomic mass is 9.84. The van der Waals surface area contributed by atoms with Gasteiger partial charge >= 0.3 is 6.09 Å². The number of anilines is 1. The third-order valence-electron chi connectivity index (χ3n) is 9.99. The van der Waals surface area contributed by atoms with Gasteiger partial charge in [0.15, 0.2) is 5.60 Å². The van der Waals surface area contributed by atoms with Crippen molar-refractivity contribution in [3.8, 4) is 0 Å². The van der Waals surface area contributed by atoms with Crippen molar-refractivity contribution in [3.63, 3.8) is 0 Å².